The van der Waals surface area contributed by atoms with E-state index in [9.17, 15) is 0 Å². The third-order valence-electron chi connectivity index (χ3n) is 5.64. The van der Waals surface area contributed by atoms with Gasteiger partial charge in [-0.1, -0.05) is 24.2 Å². The van der Waals surface area contributed by atoms with Crippen LogP contribution in [0.15, 0.2) is 49.4 Å². The molecule has 0 atom stereocenters. The van der Waals surface area contributed by atoms with Gasteiger partial charge < -0.3 is 15.5 Å². The Kier molecular flexibility index (Phi) is 5.89. The number of hydrogen-bond donors (Lipinski definition) is 2. The van der Waals surface area contributed by atoms with E-state index >= 15 is 0 Å². The van der Waals surface area contributed by atoms with E-state index in [1.54, 1.807) is 16.9 Å². The molecule has 4 aromatic rings. The van der Waals surface area contributed by atoms with E-state index in [2.05, 4.69) is 59.3 Å². The van der Waals surface area contributed by atoms with Gasteiger partial charge in [0.25, 0.3) is 0 Å². The molecule has 0 bridgehead atoms. The van der Waals surface area contributed by atoms with E-state index in [-0.39, 0.29) is 0 Å². The molecule has 33 heavy (non-hydrogen) atoms. The van der Waals surface area contributed by atoms with Crippen LogP contribution in [0.4, 0.5) is 11.8 Å². The number of pyridine rings is 1. The molecule has 1 aliphatic rings. The molecule has 0 amide bonds. The first-order chi connectivity index (χ1) is 16.1. The van der Waals surface area contributed by atoms with Crippen molar-refractivity contribution in [3.05, 3.63) is 77.1 Å². The Morgan fingerprint density at radius 3 is 2.70 bits per heavy atom. The standard InChI is InChI=1S/C23H24ClN9/c1-15(19-4-6-22-27-14-20(24)33(22)31-19)18-13-29-23(30-16(18)2)28-12-17-3-5-21(26-11-17)32-9-7-25-8-10-32/h3-6,11,13-14,25H,1,7-10,12H2,2H3,(H,28,29,30). The predicted octanol–water partition coefficient (Wildman–Crippen LogP) is 2.96. The summed E-state index contributed by atoms with van der Waals surface area (Å²) in [5.74, 6) is 1.57. The third-order valence-corrected chi connectivity index (χ3v) is 5.89. The number of imidazole rings is 1. The highest BCUT2D eigenvalue weighted by Crippen LogP contribution is 2.23. The maximum atomic E-state index is 6.15. The summed E-state index contributed by atoms with van der Waals surface area (Å²) in [6, 6.07) is 7.87. The summed E-state index contributed by atoms with van der Waals surface area (Å²) in [5, 5.41) is 11.6. The first-order valence-corrected chi connectivity index (χ1v) is 11.1. The fraction of sp³-hybridized carbons (Fsp3) is 0.261. The van der Waals surface area contributed by atoms with Crippen LogP contribution in [0.2, 0.25) is 5.15 Å². The van der Waals surface area contributed by atoms with Gasteiger partial charge in [-0.3, -0.25) is 0 Å². The van der Waals surface area contributed by atoms with E-state index in [4.69, 9.17) is 11.6 Å². The van der Waals surface area contributed by atoms with Crippen molar-refractivity contribution >= 4 is 34.6 Å². The molecule has 1 saturated heterocycles. The molecule has 0 radical (unpaired) electrons. The third kappa shape index (κ3) is 4.50. The highest BCUT2D eigenvalue weighted by molar-refractivity contribution is 6.29. The minimum Gasteiger partial charge on any atom is -0.354 e. The molecule has 2 N–H and O–H groups in total. The molecule has 5 heterocycles. The summed E-state index contributed by atoms with van der Waals surface area (Å²) >= 11 is 6.15. The van der Waals surface area contributed by atoms with Crippen LogP contribution in [-0.4, -0.2) is 55.7 Å². The highest BCUT2D eigenvalue weighted by Gasteiger charge is 2.13. The smallest absolute Gasteiger partial charge is 0.223 e. The Balaban J connectivity index is 1.25. The second-order valence-electron chi connectivity index (χ2n) is 7.86. The number of hydrogen-bond acceptors (Lipinski definition) is 8. The molecule has 5 rings (SSSR count). The van der Waals surface area contributed by atoms with Crippen molar-refractivity contribution in [3.8, 4) is 0 Å². The minimum absolute atomic E-state index is 0.447. The van der Waals surface area contributed by atoms with Gasteiger partial charge in [0.05, 0.1) is 17.6 Å². The van der Waals surface area contributed by atoms with E-state index in [1.165, 1.54) is 0 Å². The topological polar surface area (TPSA) is 96.2 Å². The second-order valence-corrected chi connectivity index (χ2v) is 8.24. The quantitative estimate of drug-likeness (QED) is 0.452. The van der Waals surface area contributed by atoms with Crippen LogP contribution in [0.5, 0.6) is 0 Å². The summed E-state index contributed by atoms with van der Waals surface area (Å²) in [5.41, 5.74) is 4.79. The lowest BCUT2D eigenvalue weighted by Crippen LogP contribution is -2.43. The van der Waals surface area contributed by atoms with Crippen molar-refractivity contribution in [2.75, 3.05) is 36.4 Å². The molecule has 0 saturated carbocycles. The summed E-state index contributed by atoms with van der Waals surface area (Å²) in [6.45, 7) is 10.7. The summed E-state index contributed by atoms with van der Waals surface area (Å²) in [4.78, 5) is 20.2. The molecular weight excluding hydrogens is 438 g/mol. The van der Waals surface area contributed by atoms with Gasteiger partial charge in [-0.05, 0) is 30.7 Å². The zero-order chi connectivity index (χ0) is 22.8. The summed E-state index contributed by atoms with van der Waals surface area (Å²) in [6.07, 6.45) is 5.23. The fourth-order valence-corrected chi connectivity index (χ4v) is 3.95. The van der Waals surface area contributed by atoms with Crippen molar-refractivity contribution in [2.45, 2.75) is 13.5 Å². The number of anilines is 2. The zero-order valence-corrected chi connectivity index (χ0v) is 19.0. The Hall–Kier alpha value is -3.56. The number of aryl methyl sites for hydroxylation is 1. The lowest BCUT2D eigenvalue weighted by Gasteiger charge is -2.28. The number of fused-ring (bicyclic) bond motifs is 1. The number of aromatic nitrogens is 6. The number of piperazine rings is 1. The molecule has 1 aliphatic heterocycles. The van der Waals surface area contributed by atoms with Gasteiger partial charge in [0.2, 0.25) is 5.95 Å². The van der Waals surface area contributed by atoms with E-state index in [1.807, 2.05) is 25.3 Å². The molecule has 168 valence electrons. The SMILES string of the molecule is C=C(c1ccc2ncc(Cl)n2n1)c1cnc(NCc2ccc(N3CCNCC3)nc2)nc1C. The van der Waals surface area contributed by atoms with E-state index < -0.39 is 0 Å². The predicted molar refractivity (Wildman–Crippen MR) is 130 cm³/mol. The highest BCUT2D eigenvalue weighted by atomic mass is 35.5. The molecule has 4 aromatic heterocycles. The molecule has 1 fully saturated rings. The van der Waals surface area contributed by atoms with Crippen LogP contribution in [0.25, 0.3) is 11.2 Å². The molecule has 0 spiro atoms. The Bertz CT molecular complexity index is 1290. The van der Waals surface area contributed by atoms with E-state index in [0.29, 0.717) is 29.0 Å². The Morgan fingerprint density at radius 1 is 1.09 bits per heavy atom. The van der Waals surface area contributed by atoms with Crippen LogP contribution in [-0.2, 0) is 6.54 Å². The van der Waals surface area contributed by atoms with Gasteiger partial charge in [-0.15, -0.1) is 0 Å². The molecule has 10 heteroatoms. The van der Waals surface area contributed by atoms with Crippen LogP contribution < -0.4 is 15.5 Å². The first kappa shape index (κ1) is 21.3. The van der Waals surface area contributed by atoms with Gasteiger partial charge in [-0.25, -0.2) is 24.5 Å². The van der Waals surface area contributed by atoms with Crippen LogP contribution in [0, 0.1) is 6.92 Å². The average molecular weight is 462 g/mol. The fourth-order valence-electron chi connectivity index (χ4n) is 3.78. The normalized spacial score (nSPS) is 13.9. The summed E-state index contributed by atoms with van der Waals surface area (Å²) < 4.78 is 1.58. The van der Waals surface area contributed by atoms with Gasteiger partial charge in [0, 0.05) is 56.3 Å². The van der Waals surface area contributed by atoms with Crippen LogP contribution in [0.3, 0.4) is 0 Å². The van der Waals surface area contributed by atoms with Crippen molar-refractivity contribution in [1.82, 2.24) is 34.9 Å². The van der Waals surface area contributed by atoms with Gasteiger partial charge in [0.1, 0.15) is 5.82 Å². The average Bonchev–Trinajstić information content (AvgIpc) is 3.23. The number of nitrogens with one attached hydrogen (secondary N) is 2. The van der Waals surface area contributed by atoms with Crippen LogP contribution >= 0.6 is 11.6 Å². The van der Waals surface area contributed by atoms with Crippen molar-refractivity contribution < 1.29 is 0 Å². The maximum Gasteiger partial charge on any atom is 0.223 e. The zero-order valence-electron chi connectivity index (χ0n) is 18.3. The Labute approximate surface area is 196 Å². The lowest BCUT2D eigenvalue weighted by atomic mass is 10.1. The Morgan fingerprint density at radius 2 is 1.94 bits per heavy atom. The molecule has 0 aromatic carbocycles. The summed E-state index contributed by atoms with van der Waals surface area (Å²) in [7, 11) is 0. The van der Waals surface area contributed by atoms with Gasteiger partial charge >= 0.3 is 0 Å². The van der Waals surface area contributed by atoms with Crippen molar-refractivity contribution in [2.24, 2.45) is 0 Å². The number of halogens is 1. The maximum absolute atomic E-state index is 6.15. The number of nitrogens with zero attached hydrogens (tertiary/aromatic N) is 7. The molecule has 9 nitrogen and oxygen atoms in total. The van der Waals surface area contributed by atoms with Crippen molar-refractivity contribution in [1.29, 1.82) is 0 Å². The van der Waals surface area contributed by atoms with Crippen LogP contribution in [0.1, 0.15) is 22.5 Å². The van der Waals surface area contributed by atoms with E-state index in [0.717, 1.165) is 54.4 Å². The van der Waals surface area contributed by atoms with Gasteiger partial charge in [-0.2, -0.15) is 5.10 Å². The monoisotopic (exact) mass is 461 g/mol. The lowest BCUT2D eigenvalue weighted by molar-refractivity contribution is 0.585. The molecular formula is C23H24ClN9. The largest absolute Gasteiger partial charge is 0.354 e. The molecule has 0 aliphatic carbocycles. The number of rotatable bonds is 6. The second kappa shape index (κ2) is 9.13. The molecule has 0 unspecified atom stereocenters. The first-order valence-electron chi connectivity index (χ1n) is 10.8. The van der Waals surface area contributed by atoms with Gasteiger partial charge in [0.15, 0.2) is 10.8 Å². The van der Waals surface area contributed by atoms with Crippen molar-refractivity contribution in [3.63, 3.8) is 0 Å². The minimum atomic E-state index is 0.447.